The molecule has 1 aliphatic heterocycles. The molecule has 3 heteroatoms. The van der Waals surface area contributed by atoms with Gasteiger partial charge in [-0.3, -0.25) is 0 Å². The minimum Gasteiger partial charge on any atom is -0.307 e. The second-order valence-electron chi connectivity index (χ2n) is 5.41. The molecule has 2 aromatic rings. The molecule has 3 rings (SSSR count). The molecule has 1 unspecified atom stereocenters. The van der Waals surface area contributed by atoms with Crippen LogP contribution >= 0.6 is 0 Å². The number of hydrogen-bond donors (Lipinski definition) is 0. The van der Waals surface area contributed by atoms with Crippen LogP contribution in [0.1, 0.15) is 24.6 Å². The van der Waals surface area contributed by atoms with Crippen molar-refractivity contribution in [3.8, 4) is 0 Å². The van der Waals surface area contributed by atoms with E-state index in [-0.39, 0.29) is 0 Å². The smallest absolute Gasteiger partial charge is 0.139 e. The molecule has 1 fully saturated rings. The van der Waals surface area contributed by atoms with Crippen LogP contribution in [0.5, 0.6) is 0 Å². The molecule has 1 atom stereocenters. The maximum atomic E-state index is 4.77. The highest BCUT2D eigenvalue weighted by Gasteiger charge is 2.22. The lowest BCUT2D eigenvalue weighted by Crippen LogP contribution is -2.20. The van der Waals surface area contributed by atoms with E-state index in [0.29, 0.717) is 0 Å². The Morgan fingerprint density at radius 3 is 3.06 bits per heavy atom. The van der Waals surface area contributed by atoms with Gasteiger partial charge in [0.05, 0.1) is 5.69 Å². The van der Waals surface area contributed by atoms with Gasteiger partial charge in [0.2, 0.25) is 0 Å². The van der Waals surface area contributed by atoms with Crippen molar-refractivity contribution in [2.24, 2.45) is 5.92 Å². The van der Waals surface area contributed by atoms with Crippen LogP contribution in [0.2, 0.25) is 0 Å². The summed E-state index contributed by atoms with van der Waals surface area (Å²) in [4.78, 5) is 7.30. The van der Waals surface area contributed by atoms with Crippen LogP contribution in [0.15, 0.2) is 24.5 Å². The van der Waals surface area contributed by atoms with Crippen molar-refractivity contribution in [1.29, 1.82) is 0 Å². The molecule has 0 amide bonds. The van der Waals surface area contributed by atoms with E-state index in [1.165, 1.54) is 37.3 Å². The largest absolute Gasteiger partial charge is 0.307 e. The van der Waals surface area contributed by atoms with E-state index in [9.17, 15) is 0 Å². The summed E-state index contributed by atoms with van der Waals surface area (Å²) in [5, 5.41) is 0. The van der Waals surface area contributed by atoms with Gasteiger partial charge in [-0.15, -0.1) is 0 Å². The molecule has 18 heavy (non-hydrogen) atoms. The molecule has 3 nitrogen and oxygen atoms in total. The first-order chi connectivity index (χ1) is 8.76. The van der Waals surface area contributed by atoms with E-state index >= 15 is 0 Å². The second kappa shape index (κ2) is 4.73. The van der Waals surface area contributed by atoms with Gasteiger partial charge < -0.3 is 9.30 Å². The van der Waals surface area contributed by atoms with Gasteiger partial charge in [-0.05, 0) is 50.4 Å². The lowest BCUT2D eigenvalue weighted by atomic mass is 10.0. The molecule has 2 aromatic heterocycles. The Morgan fingerprint density at radius 1 is 1.44 bits per heavy atom. The number of fused-ring (bicyclic) bond motifs is 1. The first kappa shape index (κ1) is 11.7. The first-order valence-corrected chi connectivity index (χ1v) is 6.92. The first-order valence-electron chi connectivity index (χ1n) is 6.92. The second-order valence-corrected chi connectivity index (χ2v) is 5.41. The van der Waals surface area contributed by atoms with Crippen LogP contribution < -0.4 is 0 Å². The number of rotatable bonds is 3. The molecule has 96 valence electrons. The summed E-state index contributed by atoms with van der Waals surface area (Å²) in [5.74, 6) is 0.787. The number of imidazole rings is 1. The zero-order valence-corrected chi connectivity index (χ0v) is 11.3. The van der Waals surface area contributed by atoms with E-state index in [0.717, 1.165) is 18.0 Å². The van der Waals surface area contributed by atoms with E-state index in [4.69, 9.17) is 4.98 Å². The summed E-state index contributed by atoms with van der Waals surface area (Å²) in [6, 6.07) is 4.21. The lowest BCUT2D eigenvalue weighted by molar-refractivity contribution is 0.341. The average Bonchev–Trinajstić information content (AvgIpc) is 2.96. The van der Waals surface area contributed by atoms with Crippen LogP contribution in [-0.4, -0.2) is 33.9 Å². The normalized spacial score (nSPS) is 20.9. The van der Waals surface area contributed by atoms with Crippen LogP contribution in [0.4, 0.5) is 0 Å². The Balaban J connectivity index is 1.77. The third-order valence-electron chi connectivity index (χ3n) is 4.04. The van der Waals surface area contributed by atoms with Crippen LogP contribution in [0, 0.1) is 12.8 Å². The predicted octanol–water partition coefficient (Wildman–Crippen LogP) is 2.53. The summed E-state index contributed by atoms with van der Waals surface area (Å²) < 4.78 is 2.15. The Labute approximate surface area is 108 Å². The van der Waals surface area contributed by atoms with E-state index in [2.05, 4.69) is 47.7 Å². The van der Waals surface area contributed by atoms with Crippen molar-refractivity contribution in [2.45, 2.75) is 26.7 Å². The molecule has 0 aromatic carbocycles. The number of aromatic nitrogens is 2. The molecule has 0 spiro atoms. The number of aryl methyl sites for hydroxylation is 1. The molecule has 0 aliphatic carbocycles. The molecule has 0 N–H and O–H groups in total. The molecule has 1 aliphatic rings. The van der Waals surface area contributed by atoms with Gasteiger partial charge in [0.15, 0.2) is 0 Å². The van der Waals surface area contributed by atoms with Crippen LogP contribution in [-0.2, 0) is 6.42 Å². The Hall–Kier alpha value is -1.35. The monoisotopic (exact) mass is 243 g/mol. The lowest BCUT2D eigenvalue weighted by Gasteiger charge is -2.11. The third-order valence-corrected chi connectivity index (χ3v) is 4.04. The minimum absolute atomic E-state index is 0.787. The molecular weight excluding hydrogens is 222 g/mol. The minimum atomic E-state index is 0.787. The number of pyridine rings is 1. The van der Waals surface area contributed by atoms with Crippen molar-refractivity contribution in [1.82, 2.24) is 14.3 Å². The topological polar surface area (TPSA) is 20.5 Å². The molecular formula is C15H21N3. The molecule has 0 saturated carbocycles. The van der Waals surface area contributed by atoms with Gasteiger partial charge in [-0.2, -0.15) is 0 Å². The fraction of sp³-hybridized carbons (Fsp3) is 0.533. The van der Waals surface area contributed by atoms with Crippen molar-refractivity contribution in [3.05, 3.63) is 35.8 Å². The van der Waals surface area contributed by atoms with Crippen molar-refractivity contribution >= 4 is 5.65 Å². The Kier molecular flexibility index (Phi) is 3.08. The van der Waals surface area contributed by atoms with E-state index < -0.39 is 0 Å². The third kappa shape index (κ3) is 2.15. The SMILES string of the molecule is CCN1CCC(Cc2cn3cccc(C)c3n2)C1. The van der Waals surface area contributed by atoms with Gasteiger partial charge in [-0.1, -0.05) is 13.0 Å². The standard InChI is InChI=1S/C15H21N3/c1-3-17-8-6-13(10-17)9-14-11-18-7-4-5-12(2)15(18)16-14/h4-5,7,11,13H,3,6,8-10H2,1-2H3. The Bertz CT molecular complexity index is 544. The zero-order chi connectivity index (χ0) is 12.5. The maximum Gasteiger partial charge on any atom is 0.139 e. The quantitative estimate of drug-likeness (QED) is 0.825. The summed E-state index contributed by atoms with van der Waals surface area (Å²) in [6.45, 7) is 8.05. The fourth-order valence-electron chi connectivity index (χ4n) is 2.97. The molecule has 1 saturated heterocycles. The highest BCUT2D eigenvalue weighted by molar-refractivity contribution is 5.47. The molecule has 0 bridgehead atoms. The number of nitrogens with zero attached hydrogens (tertiary/aromatic N) is 3. The highest BCUT2D eigenvalue weighted by Crippen LogP contribution is 2.21. The predicted molar refractivity (Wildman–Crippen MR) is 73.9 cm³/mol. The van der Waals surface area contributed by atoms with Crippen molar-refractivity contribution in [3.63, 3.8) is 0 Å². The summed E-state index contributed by atoms with van der Waals surface area (Å²) in [6.07, 6.45) is 6.72. The number of likely N-dealkylation sites (tertiary alicyclic amines) is 1. The van der Waals surface area contributed by atoms with Gasteiger partial charge in [0.1, 0.15) is 5.65 Å². The number of hydrogen-bond acceptors (Lipinski definition) is 2. The maximum absolute atomic E-state index is 4.77. The van der Waals surface area contributed by atoms with E-state index in [1.54, 1.807) is 0 Å². The van der Waals surface area contributed by atoms with Gasteiger partial charge >= 0.3 is 0 Å². The molecule has 0 radical (unpaired) electrons. The van der Waals surface area contributed by atoms with Crippen LogP contribution in [0.25, 0.3) is 5.65 Å². The van der Waals surface area contributed by atoms with Gasteiger partial charge in [0, 0.05) is 18.9 Å². The average molecular weight is 243 g/mol. The zero-order valence-electron chi connectivity index (χ0n) is 11.3. The highest BCUT2D eigenvalue weighted by atomic mass is 15.1. The van der Waals surface area contributed by atoms with Gasteiger partial charge in [0.25, 0.3) is 0 Å². The summed E-state index contributed by atoms with van der Waals surface area (Å²) in [7, 11) is 0. The molecule has 3 heterocycles. The summed E-state index contributed by atoms with van der Waals surface area (Å²) >= 11 is 0. The van der Waals surface area contributed by atoms with Crippen molar-refractivity contribution in [2.75, 3.05) is 19.6 Å². The Morgan fingerprint density at radius 2 is 2.33 bits per heavy atom. The fourth-order valence-corrected chi connectivity index (χ4v) is 2.97. The van der Waals surface area contributed by atoms with Crippen LogP contribution in [0.3, 0.4) is 0 Å². The summed E-state index contributed by atoms with van der Waals surface area (Å²) in [5.41, 5.74) is 3.61. The van der Waals surface area contributed by atoms with E-state index in [1.807, 2.05) is 0 Å². The van der Waals surface area contributed by atoms with Crippen molar-refractivity contribution < 1.29 is 0 Å². The van der Waals surface area contributed by atoms with Gasteiger partial charge in [-0.25, -0.2) is 4.98 Å².